The number of ether oxygens (including phenoxy) is 1. The standard InChI is InChI=1S/C17H18ClN3O5S/c1-27(24,25)14-5-6-15(16(9-14)21(22)23)20-8-2-3-13(11-20)26-17-7-4-12(18)10-19-17/h4-7,9-10,13H,2-3,8,11H2,1H3. The molecule has 1 aliphatic heterocycles. The molecule has 0 radical (unpaired) electrons. The first kappa shape index (κ1) is 19.4. The van der Waals surface area contributed by atoms with E-state index in [1.54, 1.807) is 12.1 Å². The lowest BCUT2D eigenvalue weighted by atomic mass is 10.1. The van der Waals surface area contributed by atoms with Crippen molar-refractivity contribution < 1.29 is 18.1 Å². The van der Waals surface area contributed by atoms with Crippen molar-refractivity contribution in [3.63, 3.8) is 0 Å². The highest BCUT2D eigenvalue weighted by molar-refractivity contribution is 7.90. The minimum absolute atomic E-state index is 0.0758. The van der Waals surface area contributed by atoms with Crippen LogP contribution >= 0.6 is 11.6 Å². The summed E-state index contributed by atoms with van der Waals surface area (Å²) in [6.07, 6.45) is 3.89. The molecule has 1 aromatic carbocycles. The smallest absolute Gasteiger partial charge is 0.293 e. The normalized spacial score (nSPS) is 17.6. The van der Waals surface area contributed by atoms with E-state index in [2.05, 4.69) is 4.98 Å². The van der Waals surface area contributed by atoms with E-state index in [0.717, 1.165) is 25.2 Å². The first-order valence-electron chi connectivity index (χ1n) is 8.26. The van der Waals surface area contributed by atoms with Crippen molar-refractivity contribution in [1.29, 1.82) is 0 Å². The number of anilines is 1. The maximum absolute atomic E-state index is 11.7. The molecule has 2 aromatic rings. The van der Waals surface area contributed by atoms with Crippen LogP contribution < -0.4 is 9.64 Å². The summed E-state index contributed by atoms with van der Waals surface area (Å²) >= 11 is 5.82. The molecular formula is C17H18ClN3O5S. The van der Waals surface area contributed by atoms with Gasteiger partial charge >= 0.3 is 0 Å². The number of nitro benzene ring substituents is 1. The maximum Gasteiger partial charge on any atom is 0.293 e. The number of nitrogens with zero attached hydrogens (tertiary/aromatic N) is 3. The summed E-state index contributed by atoms with van der Waals surface area (Å²) < 4.78 is 29.3. The summed E-state index contributed by atoms with van der Waals surface area (Å²) in [5, 5.41) is 12.0. The van der Waals surface area contributed by atoms with E-state index < -0.39 is 14.8 Å². The Kier molecular flexibility index (Phi) is 5.52. The van der Waals surface area contributed by atoms with E-state index in [4.69, 9.17) is 16.3 Å². The average molecular weight is 412 g/mol. The second-order valence-electron chi connectivity index (χ2n) is 6.32. The highest BCUT2D eigenvalue weighted by atomic mass is 35.5. The van der Waals surface area contributed by atoms with E-state index >= 15 is 0 Å². The number of sulfone groups is 1. The van der Waals surface area contributed by atoms with Gasteiger partial charge in [0.05, 0.1) is 21.4 Å². The van der Waals surface area contributed by atoms with Crippen molar-refractivity contribution in [3.05, 3.63) is 51.7 Å². The summed E-state index contributed by atoms with van der Waals surface area (Å²) in [6.45, 7) is 1.05. The van der Waals surface area contributed by atoms with Crippen molar-refractivity contribution in [3.8, 4) is 5.88 Å². The molecule has 1 aromatic heterocycles. The third-order valence-electron chi connectivity index (χ3n) is 4.28. The Morgan fingerprint density at radius 3 is 2.74 bits per heavy atom. The molecule has 1 atom stereocenters. The first-order valence-corrected chi connectivity index (χ1v) is 10.5. The Bertz CT molecular complexity index is 950. The van der Waals surface area contributed by atoms with Crippen LogP contribution in [0.25, 0.3) is 0 Å². The van der Waals surface area contributed by atoms with Crippen LogP contribution in [0.5, 0.6) is 5.88 Å². The topological polar surface area (TPSA) is 103 Å². The minimum Gasteiger partial charge on any atom is -0.472 e. The molecular weight excluding hydrogens is 394 g/mol. The van der Waals surface area contributed by atoms with Crippen LogP contribution in [0.4, 0.5) is 11.4 Å². The van der Waals surface area contributed by atoms with Crippen LogP contribution in [0, 0.1) is 10.1 Å². The van der Waals surface area contributed by atoms with E-state index in [0.29, 0.717) is 29.7 Å². The number of hydrogen-bond donors (Lipinski definition) is 0. The van der Waals surface area contributed by atoms with Gasteiger partial charge < -0.3 is 9.64 Å². The molecule has 0 aliphatic carbocycles. The second-order valence-corrected chi connectivity index (χ2v) is 8.77. The molecule has 8 nitrogen and oxygen atoms in total. The summed E-state index contributed by atoms with van der Waals surface area (Å²) in [6, 6.07) is 7.33. The molecule has 1 unspecified atom stereocenters. The fraction of sp³-hybridized carbons (Fsp3) is 0.353. The fourth-order valence-corrected chi connectivity index (χ4v) is 3.76. The number of piperidine rings is 1. The lowest BCUT2D eigenvalue weighted by Gasteiger charge is -2.33. The Morgan fingerprint density at radius 1 is 1.33 bits per heavy atom. The van der Waals surface area contributed by atoms with Crippen molar-refractivity contribution in [1.82, 2.24) is 4.98 Å². The lowest BCUT2D eigenvalue weighted by molar-refractivity contribution is -0.384. The van der Waals surface area contributed by atoms with E-state index in [-0.39, 0.29) is 16.7 Å². The Morgan fingerprint density at radius 2 is 2.11 bits per heavy atom. The molecule has 10 heteroatoms. The molecule has 144 valence electrons. The number of pyridine rings is 1. The summed E-state index contributed by atoms with van der Waals surface area (Å²) in [5.74, 6) is 0.438. The molecule has 1 saturated heterocycles. The predicted octanol–water partition coefficient (Wildman–Crippen LogP) is 3.09. The number of rotatable bonds is 5. The van der Waals surface area contributed by atoms with Gasteiger partial charge in [-0.2, -0.15) is 0 Å². The average Bonchev–Trinajstić information content (AvgIpc) is 2.62. The zero-order valence-electron chi connectivity index (χ0n) is 14.5. The molecule has 0 bridgehead atoms. The monoisotopic (exact) mass is 411 g/mol. The van der Waals surface area contributed by atoms with Gasteiger partial charge in [-0.1, -0.05) is 11.6 Å². The number of halogens is 1. The van der Waals surface area contributed by atoms with Gasteiger partial charge in [0.2, 0.25) is 5.88 Å². The van der Waals surface area contributed by atoms with Gasteiger partial charge in [0.1, 0.15) is 11.8 Å². The van der Waals surface area contributed by atoms with Crippen LogP contribution in [0.3, 0.4) is 0 Å². The summed E-state index contributed by atoms with van der Waals surface area (Å²) in [5.41, 5.74) is 0.146. The predicted molar refractivity (Wildman–Crippen MR) is 101 cm³/mol. The van der Waals surface area contributed by atoms with E-state index in [1.165, 1.54) is 18.3 Å². The van der Waals surface area contributed by atoms with Gasteiger partial charge in [0.15, 0.2) is 9.84 Å². The van der Waals surface area contributed by atoms with Gasteiger partial charge in [0.25, 0.3) is 5.69 Å². The number of benzene rings is 1. The van der Waals surface area contributed by atoms with Gasteiger partial charge in [-0.25, -0.2) is 13.4 Å². The zero-order valence-corrected chi connectivity index (χ0v) is 16.1. The largest absolute Gasteiger partial charge is 0.472 e. The summed E-state index contributed by atoms with van der Waals surface area (Å²) in [7, 11) is -3.53. The molecule has 1 fully saturated rings. The highest BCUT2D eigenvalue weighted by Gasteiger charge is 2.28. The van der Waals surface area contributed by atoms with Gasteiger partial charge in [-0.05, 0) is 31.0 Å². The van der Waals surface area contributed by atoms with Crippen molar-refractivity contribution in [2.75, 3.05) is 24.2 Å². The molecule has 27 heavy (non-hydrogen) atoms. The van der Waals surface area contributed by atoms with Gasteiger partial charge in [-0.15, -0.1) is 0 Å². The van der Waals surface area contributed by atoms with Crippen LogP contribution in [-0.4, -0.2) is 43.8 Å². The Hall–Kier alpha value is -2.39. The van der Waals surface area contributed by atoms with Crippen molar-refractivity contribution >= 4 is 32.8 Å². The van der Waals surface area contributed by atoms with E-state index in [1.807, 2.05) is 4.90 Å². The first-order chi connectivity index (χ1) is 12.7. The van der Waals surface area contributed by atoms with Crippen LogP contribution in [0.15, 0.2) is 41.4 Å². The van der Waals surface area contributed by atoms with Crippen molar-refractivity contribution in [2.45, 2.75) is 23.8 Å². The number of nitro groups is 1. The molecule has 0 N–H and O–H groups in total. The Labute approximate surface area is 161 Å². The third-order valence-corrected chi connectivity index (χ3v) is 5.61. The Balaban J connectivity index is 1.83. The van der Waals surface area contributed by atoms with Gasteiger partial charge in [0, 0.05) is 31.1 Å². The second kappa shape index (κ2) is 7.69. The van der Waals surface area contributed by atoms with E-state index in [9.17, 15) is 18.5 Å². The molecule has 2 heterocycles. The molecule has 1 aliphatic rings. The third kappa shape index (κ3) is 4.67. The molecule has 0 spiro atoms. The fourth-order valence-electron chi connectivity index (χ4n) is 3.00. The molecule has 0 amide bonds. The van der Waals surface area contributed by atoms with Crippen LogP contribution in [0.1, 0.15) is 12.8 Å². The lowest BCUT2D eigenvalue weighted by Crippen LogP contribution is -2.41. The van der Waals surface area contributed by atoms with Gasteiger partial charge in [-0.3, -0.25) is 10.1 Å². The molecule has 3 rings (SSSR count). The highest BCUT2D eigenvalue weighted by Crippen LogP contribution is 2.33. The number of hydrogen-bond acceptors (Lipinski definition) is 7. The quantitative estimate of drug-likeness (QED) is 0.550. The summed E-state index contributed by atoms with van der Waals surface area (Å²) in [4.78, 5) is 16.8. The maximum atomic E-state index is 11.7. The minimum atomic E-state index is -3.53. The van der Waals surface area contributed by atoms with Crippen molar-refractivity contribution in [2.24, 2.45) is 0 Å². The van der Waals surface area contributed by atoms with Crippen LogP contribution in [0.2, 0.25) is 5.02 Å². The van der Waals surface area contributed by atoms with Crippen LogP contribution in [-0.2, 0) is 9.84 Å². The number of aromatic nitrogens is 1. The molecule has 0 saturated carbocycles. The zero-order chi connectivity index (χ0) is 19.6. The SMILES string of the molecule is CS(=O)(=O)c1ccc(N2CCCC(Oc3ccc(Cl)cn3)C2)c([N+](=O)[O-])c1.